The maximum absolute atomic E-state index is 13.4. The van der Waals surface area contributed by atoms with Gasteiger partial charge in [0.25, 0.3) is 0 Å². The highest BCUT2D eigenvalue weighted by atomic mass is 16.4. The maximum Gasteiger partial charge on any atom is 0.330 e. The third-order valence-corrected chi connectivity index (χ3v) is 6.10. The van der Waals surface area contributed by atoms with Gasteiger partial charge in [0.2, 0.25) is 5.91 Å². The summed E-state index contributed by atoms with van der Waals surface area (Å²) in [6, 6.07) is 9.41. The van der Waals surface area contributed by atoms with Gasteiger partial charge >= 0.3 is 5.97 Å². The Morgan fingerprint density at radius 2 is 1.56 bits per heavy atom. The summed E-state index contributed by atoms with van der Waals surface area (Å²) < 4.78 is 0. The lowest BCUT2D eigenvalue weighted by Gasteiger charge is -2.37. The van der Waals surface area contributed by atoms with Gasteiger partial charge in [-0.15, -0.1) is 0 Å². The number of aliphatic carboxylic acids is 1. The van der Waals surface area contributed by atoms with Crippen LogP contribution in [0, 0.1) is 17.3 Å². The monoisotopic (exact) mass is 442 g/mol. The number of amides is 1. The Morgan fingerprint density at radius 3 is 2.00 bits per heavy atom. The third-order valence-electron chi connectivity index (χ3n) is 6.10. The van der Waals surface area contributed by atoms with Crippen molar-refractivity contribution < 1.29 is 14.7 Å². The second-order valence-electron chi connectivity index (χ2n) is 10.5. The molecule has 0 spiro atoms. The van der Waals surface area contributed by atoms with Crippen LogP contribution in [0.15, 0.2) is 54.1 Å². The summed E-state index contributed by atoms with van der Waals surface area (Å²) in [5.41, 5.74) is 0.790. The van der Waals surface area contributed by atoms with Crippen molar-refractivity contribution in [2.75, 3.05) is 7.05 Å². The lowest BCUT2D eigenvalue weighted by atomic mass is 9.76. The van der Waals surface area contributed by atoms with Crippen molar-refractivity contribution in [3.63, 3.8) is 0 Å². The summed E-state index contributed by atoms with van der Waals surface area (Å²) in [7, 11) is 1.81. The van der Waals surface area contributed by atoms with E-state index in [0.29, 0.717) is 5.57 Å². The van der Waals surface area contributed by atoms with Crippen molar-refractivity contribution in [3.8, 4) is 0 Å². The fourth-order valence-corrected chi connectivity index (χ4v) is 3.71. The number of hydrogen-bond donors (Lipinski definition) is 3. The Bertz CT molecular complexity index is 817. The van der Waals surface area contributed by atoms with Crippen LogP contribution in [0.1, 0.15) is 61.0 Å². The van der Waals surface area contributed by atoms with Crippen molar-refractivity contribution in [1.29, 1.82) is 0 Å². The van der Waals surface area contributed by atoms with Gasteiger partial charge in [0.15, 0.2) is 0 Å². The van der Waals surface area contributed by atoms with Crippen LogP contribution in [-0.2, 0) is 15.0 Å². The predicted molar refractivity (Wildman–Crippen MR) is 133 cm³/mol. The van der Waals surface area contributed by atoms with E-state index in [4.69, 9.17) is 0 Å². The number of carboxylic acid groups (broad SMARTS) is 1. The van der Waals surface area contributed by atoms with Crippen molar-refractivity contribution >= 4 is 11.9 Å². The normalized spacial score (nSPS) is 16.1. The minimum Gasteiger partial charge on any atom is -0.478 e. The molecule has 32 heavy (non-hydrogen) atoms. The summed E-state index contributed by atoms with van der Waals surface area (Å²) in [6.45, 7) is 16.1. The first-order valence-corrected chi connectivity index (χ1v) is 11.3. The van der Waals surface area contributed by atoms with Crippen LogP contribution < -0.4 is 10.6 Å². The van der Waals surface area contributed by atoms with E-state index >= 15 is 0 Å². The van der Waals surface area contributed by atoms with E-state index in [9.17, 15) is 14.7 Å². The molecule has 3 N–H and O–H groups in total. The molecule has 0 aliphatic rings. The third kappa shape index (κ3) is 7.63. The number of carbonyl (C=O) groups is 2. The first-order chi connectivity index (χ1) is 14.7. The van der Waals surface area contributed by atoms with Crippen LogP contribution >= 0.6 is 0 Å². The Balaban J connectivity index is 3.18. The highest BCUT2D eigenvalue weighted by Crippen LogP contribution is 2.28. The van der Waals surface area contributed by atoms with E-state index in [-0.39, 0.29) is 29.2 Å². The molecular formula is C27H42N2O3. The van der Waals surface area contributed by atoms with Crippen LogP contribution in [0.25, 0.3) is 0 Å². The lowest BCUT2D eigenvalue weighted by molar-refractivity contribution is -0.132. The topological polar surface area (TPSA) is 78.4 Å². The van der Waals surface area contributed by atoms with Gasteiger partial charge in [-0.1, -0.05) is 97.0 Å². The summed E-state index contributed by atoms with van der Waals surface area (Å²) in [4.78, 5) is 24.7. The molecule has 1 amide bonds. The molecule has 0 aromatic heterocycles. The molecule has 0 aliphatic heterocycles. The fraction of sp³-hybridized carbons (Fsp3) is 0.556. The maximum atomic E-state index is 13.4. The number of carbonyl (C=O) groups excluding carboxylic acids is 1. The number of likely N-dealkylation sites (N-methyl/N-ethyl adjacent to an activating group) is 1. The van der Waals surface area contributed by atoms with E-state index in [1.807, 2.05) is 49.5 Å². The Morgan fingerprint density at radius 1 is 1.00 bits per heavy atom. The van der Waals surface area contributed by atoms with Gasteiger partial charge in [0, 0.05) is 11.0 Å². The second-order valence-corrected chi connectivity index (χ2v) is 10.5. The molecule has 178 valence electrons. The van der Waals surface area contributed by atoms with Crippen molar-refractivity contribution in [3.05, 3.63) is 59.7 Å². The number of nitrogens with one attached hydrogen (secondary N) is 2. The van der Waals surface area contributed by atoms with Crippen molar-refractivity contribution in [2.24, 2.45) is 17.3 Å². The quantitative estimate of drug-likeness (QED) is 0.354. The molecule has 0 saturated heterocycles. The van der Waals surface area contributed by atoms with Gasteiger partial charge in [0.05, 0.1) is 12.1 Å². The van der Waals surface area contributed by atoms with Gasteiger partial charge in [-0.05, 0) is 36.8 Å². The van der Waals surface area contributed by atoms with E-state index in [0.717, 1.165) is 5.56 Å². The van der Waals surface area contributed by atoms with Gasteiger partial charge in [-0.3, -0.25) is 4.79 Å². The predicted octanol–water partition coefficient (Wildman–Crippen LogP) is 4.94. The number of carboxylic acids is 1. The molecule has 0 aliphatic carbocycles. The average Bonchev–Trinajstić information content (AvgIpc) is 2.69. The molecule has 3 atom stereocenters. The minimum absolute atomic E-state index is 0.0336. The molecule has 5 heteroatoms. The molecule has 0 heterocycles. The smallest absolute Gasteiger partial charge is 0.330 e. The highest BCUT2D eigenvalue weighted by molar-refractivity contribution is 5.86. The molecule has 1 rings (SSSR count). The van der Waals surface area contributed by atoms with Crippen LogP contribution in [0.3, 0.4) is 0 Å². The molecule has 1 aromatic carbocycles. The first kappa shape index (κ1) is 27.6. The summed E-state index contributed by atoms with van der Waals surface area (Å²) in [6.07, 6.45) is 5.81. The van der Waals surface area contributed by atoms with E-state index in [1.165, 1.54) is 0 Å². The van der Waals surface area contributed by atoms with Gasteiger partial charge < -0.3 is 15.7 Å². The fourth-order valence-electron chi connectivity index (χ4n) is 3.71. The Kier molecular flexibility index (Phi) is 9.90. The van der Waals surface area contributed by atoms with Crippen LogP contribution in [0.4, 0.5) is 0 Å². The molecule has 1 aromatic rings. The van der Waals surface area contributed by atoms with Crippen molar-refractivity contribution in [2.45, 2.75) is 72.9 Å². The minimum atomic E-state index is -0.912. The zero-order valence-electron chi connectivity index (χ0n) is 21.2. The molecule has 0 fully saturated rings. The molecule has 3 unspecified atom stereocenters. The second kappa shape index (κ2) is 11.5. The number of hydrogen-bond acceptors (Lipinski definition) is 3. The summed E-state index contributed by atoms with van der Waals surface area (Å²) in [5, 5.41) is 15.7. The van der Waals surface area contributed by atoms with Gasteiger partial charge in [-0.2, -0.15) is 0 Å². The van der Waals surface area contributed by atoms with Crippen molar-refractivity contribution in [1.82, 2.24) is 10.6 Å². The molecular weight excluding hydrogens is 400 g/mol. The number of benzene rings is 1. The number of allylic oxidation sites excluding steroid dienone is 2. The zero-order chi connectivity index (χ0) is 24.7. The van der Waals surface area contributed by atoms with Crippen LogP contribution in [0.5, 0.6) is 0 Å². The molecule has 0 bridgehead atoms. The van der Waals surface area contributed by atoms with Gasteiger partial charge in [-0.25, -0.2) is 4.79 Å². The molecule has 0 saturated carbocycles. The van der Waals surface area contributed by atoms with Crippen LogP contribution in [-0.4, -0.2) is 36.1 Å². The zero-order valence-corrected chi connectivity index (χ0v) is 21.2. The number of rotatable bonds is 10. The summed E-state index contributed by atoms with van der Waals surface area (Å²) in [5.74, 6) is -0.776. The Labute approximate surface area is 194 Å². The standard InChI is InChI=1S/C27H42N2O3/c1-18(2)20(17-19(3)25(31)32)15-16-22(26(4,5)6)29-24(30)23(28-9)27(7,8)21-13-11-10-12-14-21/h10-18,20,22-23,28H,1-9H3,(H,29,30)(H,31,32)/b16-15+,19-17+. The van der Waals surface area contributed by atoms with E-state index in [1.54, 1.807) is 13.0 Å². The highest BCUT2D eigenvalue weighted by Gasteiger charge is 2.37. The molecule has 5 nitrogen and oxygen atoms in total. The van der Waals surface area contributed by atoms with E-state index in [2.05, 4.69) is 59.1 Å². The first-order valence-electron chi connectivity index (χ1n) is 11.3. The van der Waals surface area contributed by atoms with Crippen LogP contribution in [0.2, 0.25) is 0 Å². The largest absolute Gasteiger partial charge is 0.478 e. The van der Waals surface area contributed by atoms with E-state index < -0.39 is 17.4 Å². The SMILES string of the molecule is CNC(C(=O)NC(/C=C/C(/C=C(\C)C(=O)O)C(C)C)C(C)(C)C)C(C)(C)c1ccccc1. The Hall–Kier alpha value is -2.40. The summed E-state index contributed by atoms with van der Waals surface area (Å²) >= 11 is 0. The lowest BCUT2D eigenvalue weighted by Crippen LogP contribution is -2.56. The molecule has 0 radical (unpaired) electrons. The average molecular weight is 443 g/mol. The van der Waals surface area contributed by atoms with Gasteiger partial charge in [0.1, 0.15) is 0 Å².